The van der Waals surface area contributed by atoms with E-state index in [0.717, 1.165) is 5.56 Å². The van der Waals surface area contributed by atoms with Crippen molar-refractivity contribution in [3.8, 4) is 5.75 Å². The van der Waals surface area contributed by atoms with Gasteiger partial charge in [-0.05, 0) is 54.8 Å². The van der Waals surface area contributed by atoms with E-state index >= 15 is 0 Å². The number of benzene rings is 2. The summed E-state index contributed by atoms with van der Waals surface area (Å²) in [6.07, 6.45) is -0.889. The highest BCUT2D eigenvalue weighted by Crippen LogP contribution is 2.32. The van der Waals surface area contributed by atoms with Crippen LogP contribution >= 0.6 is 23.2 Å². The molecule has 0 unspecified atom stereocenters. The first-order chi connectivity index (χ1) is 17.7. The Balaban J connectivity index is 1.42. The Morgan fingerprint density at radius 2 is 1.89 bits per heavy atom. The first-order valence-corrected chi connectivity index (χ1v) is 14.1. The third-order valence-electron chi connectivity index (χ3n) is 6.49. The van der Waals surface area contributed by atoms with Gasteiger partial charge in [0.25, 0.3) is 0 Å². The number of carbonyl (C=O) groups is 1. The highest BCUT2D eigenvalue weighted by molar-refractivity contribution is 7.89. The number of carbonyl (C=O) groups excluding carboxylic acids is 1. The molecule has 1 amide bonds. The molecule has 0 bridgehead atoms. The molecular formula is C25H30Cl2N2O7S. The van der Waals surface area contributed by atoms with Crippen LogP contribution in [-0.4, -0.2) is 75.0 Å². The van der Waals surface area contributed by atoms with Gasteiger partial charge in [-0.25, -0.2) is 8.42 Å². The Bertz CT molecular complexity index is 1200. The SMILES string of the molecule is COc1ccc(S(=O)(=O)N2C[C@H](O)COC[C@@H]3O[C@H](CC(=O)NCc4ccc(Cl)c(Cl)c4)CC[C@H]32)cc1. The highest BCUT2D eigenvalue weighted by atomic mass is 35.5. The molecule has 0 saturated carbocycles. The van der Waals surface area contributed by atoms with Crippen molar-refractivity contribution < 1.29 is 32.5 Å². The largest absolute Gasteiger partial charge is 0.497 e. The fraction of sp³-hybridized carbons (Fsp3) is 0.480. The minimum absolute atomic E-state index is 0.0178. The predicted molar refractivity (Wildman–Crippen MR) is 138 cm³/mol. The molecule has 2 saturated heterocycles. The quantitative estimate of drug-likeness (QED) is 0.524. The van der Waals surface area contributed by atoms with E-state index in [2.05, 4.69) is 5.32 Å². The van der Waals surface area contributed by atoms with E-state index in [1.165, 1.54) is 23.5 Å². The number of β-amino-alcohol motifs (C(OH)–C–C–N with tert-alkyl or cyclic N) is 1. The maximum atomic E-state index is 13.6. The molecule has 2 N–H and O–H groups in total. The van der Waals surface area contributed by atoms with Crippen LogP contribution in [0.4, 0.5) is 0 Å². The molecule has 37 heavy (non-hydrogen) atoms. The highest BCUT2D eigenvalue weighted by Gasteiger charge is 2.43. The number of nitrogens with one attached hydrogen (secondary N) is 1. The van der Waals surface area contributed by atoms with Crippen LogP contribution in [0.25, 0.3) is 0 Å². The summed E-state index contributed by atoms with van der Waals surface area (Å²) in [6, 6.07) is 10.7. The number of ether oxygens (including phenoxy) is 3. The number of methoxy groups -OCH3 is 1. The van der Waals surface area contributed by atoms with Gasteiger partial charge in [-0.3, -0.25) is 4.79 Å². The number of halogens is 2. The fourth-order valence-electron chi connectivity index (χ4n) is 4.58. The van der Waals surface area contributed by atoms with Crippen molar-refractivity contribution in [2.45, 2.75) is 55.1 Å². The summed E-state index contributed by atoms with van der Waals surface area (Å²) in [7, 11) is -2.43. The van der Waals surface area contributed by atoms with Gasteiger partial charge in [-0.15, -0.1) is 0 Å². The van der Waals surface area contributed by atoms with Gasteiger partial charge in [0.2, 0.25) is 15.9 Å². The van der Waals surface area contributed by atoms with Crippen molar-refractivity contribution in [2.24, 2.45) is 0 Å². The van der Waals surface area contributed by atoms with Crippen molar-refractivity contribution in [3.05, 3.63) is 58.1 Å². The second-order valence-corrected chi connectivity index (χ2v) is 11.8. The average Bonchev–Trinajstić information content (AvgIpc) is 2.87. The van der Waals surface area contributed by atoms with Crippen molar-refractivity contribution in [2.75, 3.05) is 26.9 Å². The monoisotopic (exact) mass is 572 g/mol. The van der Waals surface area contributed by atoms with Gasteiger partial charge in [0, 0.05) is 13.1 Å². The van der Waals surface area contributed by atoms with Crippen molar-refractivity contribution in [3.63, 3.8) is 0 Å². The molecular weight excluding hydrogens is 543 g/mol. The Kier molecular flexibility index (Phi) is 9.33. The molecule has 2 fully saturated rings. The zero-order valence-corrected chi connectivity index (χ0v) is 22.6. The summed E-state index contributed by atoms with van der Waals surface area (Å²) >= 11 is 12.0. The molecule has 2 aromatic carbocycles. The Labute approximate surface area is 226 Å². The lowest BCUT2D eigenvalue weighted by molar-refractivity contribution is -0.146. The fourth-order valence-corrected chi connectivity index (χ4v) is 6.62. The molecule has 0 spiro atoms. The first-order valence-electron chi connectivity index (χ1n) is 11.9. The topological polar surface area (TPSA) is 114 Å². The van der Waals surface area contributed by atoms with Crippen LogP contribution < -0.4 is 10.1 Å². The maximum Gasteiger partial charge on any atom is 0.243 e. The van der Waals surface area contributed by atoms with Crippen LogP contribution in [0.3, 0.4) is 0 Å². The molecule has 202 valence electrons. The summed E-state index contributed by atoms with van der Waals surface area (Å²) < 4.78 is 45.4. The summed E-state index contributed by atoms with van der Waals surface area (Å²) in [5.41, 5.74) is 0.818. The summed E-state index contributed by atoms with van der Waals surface area (Å²) in [5, 5.41) is 14.1. The van der Waals surface area contributed by atoms with Gasteiger partial charge < -0.3 is 24.6 Å². The number of amides is 1. The summed E-state index contributed by atoms with van der Waals surface area (Å²) in [4.78, 5) is 12.7. The van der Waals surface area contributed by atoms with E-state index in [-0.39, 0.29) is 37.0 Å². The number of hydrogen-bond acceptors (Lipinski definition) is 7. The first kappa shape index (κ1) is 28.1. The number of nitrogens with zero attached hydrogens (tertiary/aromatic N) is 1. The molecule has 2 aliphatic heterocycles. The van der Waals surface area contributed by atoms with Gasteiger partial charge in [-0.1, -0.05) is 29.3 Å². The minimum atomic E-state index is -3.93. The van der Waals surface area contributed by atoms with Crippen molar-refractivity contribution in [1.29, 1.82) is 0 Å². The third kappa shape index (κ3) is 6.94. The standard InChI is InChI=1S/C25H30Cl2N2O7S/c1-34-18-3-6-20(7-4-18)37(32,33)29-13-17(30)14-35-15-24-23(29)9-5-19(36-24)11-25(31)28-12-16-2-8-21(26)22(27)10-16/h2-4,6-8,10,17,19,23-24,30H,5,9,11-15H2,1H3,(H,28,31)/t17-,19-,23+,24-/m0/s1. The number of hydrogen-bond donors (Lipinski definition) is 2. The van der Waals surface area contributed by atoms with Crippen LogP contribution in [0.1, 0.15) is 24.8 Å². The van der Waals surface area contributed by atoms with Gasteiger partial charge >= 0.3 is 0 Å². The molecule has 2 aliphatic rings. The Hall–Kier alpha value is -1.92. The zero-order chi connectivity index (χ0) is 26.6. The summed E-state index contributed by atoms with van der Waals surface area (Å²) in [5.74, 6) is 0.346. The maximum absolute atomic E-state index is 13.6. The second-order valence-electron chi connectivity index (χ2n) is 9.11. The normalized spacial score (nSPS) is 25.0. The molecule has 0 aromatic heterocycles. The molecule has 0 radical (unpaired) electrons. The zero-order valence-electron chi connectivity index (χ0n) is 20.3. The molecule has 0 aliphatic carbocycles. The lowest BCUT2D eigenvalue weighted by Crippen LogP contribution is -2.57. The number of rotatable bonds is 7. The number of fused-ring (bicyclic) bond motifs is 1. The van der Waals surface area contributed by atoms with E-state index in [1.807, 2.05) is 0 Å². The van der Waals surface area contributed by atoms with Gasteiger partial charge in [0.05, 0.1) is 66.0 Å². The van der Waals surface area contributed by atoms with Gasteiger partial charge in [0.1, 0.15) is 5.75 Å². The predicted octanol–water partition coefficient (Wildman–Crippen LogP) is 3.01. The van der Waals surface area contributed by atoms with Crippen LogP contribution in [0.5, 0.6) is 5.75 Å². The molecule has 2 aromatic rings. The van der Waals surface area contributed by atoms with Crippen LogP contribution in [-0.2, 0) is 30.8 Å². The van der Waals surface area contributed by atoms with E-state index in [4.69, 9.17) is 37.4 Å². The number of aliphatic hydroxyl groups excluding tert-OH is 1. The smallest absolute Gasteiger partial charge is 0.243 e. The minimum Gasteiger partial charge on any atom is -0.497 e. The third-order valence-corrected chi connectivity index (χ3v) is 9.13. The molecule has 4 atom stereocenters. The number of sulfonamides is 1. The lowest BCUT2D eigenvalue weighted by Gasteiger charge is -2.43. The Morgan fingerprint density at radius 3 is 2.59 bits per heavy atom. The molecule has 12 heteroatoms. The van der Waals surface area contributed by atoms with Crippen LogP contribution in [0, 0.1) is 0 Å². The van der Waals surface area contributed by atoms with E-state index in [1.54, 1.807) is 30.3 Å². The average molecular weight is 573 g/mol. The van der Waals surface area contributed by atoms with E-state index in [0.29, 0.717) is 35.2 Å². The van der Waals surface area contributed by atoms with Gasteiger partial charge in [0.15, 0.2) is 0 Å². The lowest BCUT2D eigenvalue weighted by atomic mass is 9.96. The Morgan fingerprint density at radius 1 is 1.14 bits per heavy atom. The van der Waals surface area contributed by atoms with Gasteiger partial charge in [-0.2, -0.15) is 4.31 Å². The van der Waals surface area contributed by atoms with Crippen molar-refractivity contribution >= 4 is 39.1 Å². The molecule has 9 nitrogen and oxygen atoms in total. The second kappa shape index (κ2) is 12.3. The van der Waals surface area contributed by atoms with E-state index < -0.39 is 34.4 Å². The summed E-state index contributed by atoms with van der Waals surface area (Å²) in [6.45, 7) is 0.269. The number of aliphatic hydroxyl groups is 1. The molecule has 4 rings (SSSR count). The molecule has 2 heterocycles. The van der Waals surface area contributed by atoms with E-state index in [9.17, 15) is 18.3 Å². The van der Waals surface area contributed by atoms with Crippen LogP contribution in [0.2, 0.25) is 10.0 Å². The van der Waals surface area contributed by atoms with Crippen molar-refractivity contribution in [1.82, 2.24) is 9.62 Å². The van der Waals surface area contributed by atoms with Crippen LogP contribution in [0.15, 0.2) is 47.4 Å².